The van der Waals surface area contributed by atoms with Gasteiger partial charge in [-0.1, -0.05) is 61.3 Å². The van der Waals surface area contributed by atoms with Gasteiger partial charge in [-0.25, -0.2) is 4.98 Å². The van der Waals surface area contributed by atoms with Gasteiger partial charge in [-0.15, -0.1) is 0 Å². The lowest BCUT2D eigenvalue weighted by molar-refractivity contribution is -0.146. The van der Waals surface area contributed by atoms with Crippen molar-refractivity contribution in [3.05, 3.63) is 24.3 Å². The number of Topliss-reactive ketones (excluding diaryl/α,β-unsaturated/α-hetero) is 1. The van der Waals surface area contributed by atoms with Gasteiger partial charge in [0.25, 0.3) is 11.8 Å². The fourth-order valence-corrected chi connectivity index (χ4v) is 6.66. The molecule has 2 saturated carbocycles. The number of nitrogens with one attached hydrogen (secondary N) is 4. The average Bonchev–Trinajstić information content (AvgIpc) is 3.57. The van der Waals surface area contributed by atoms with Gasteiger partial charge in [0.05, 0.1) is 12.2 Å². The molecule has 0 radical (unpaired) electrons. The first-order valence-electron chi connectivity index (χ1n) is 16.9. The zero-order chi connectivity index (χ0) is 34.7. The van der Waals surface area contributed by atoms with Crippen LogP contribution in [0.3, 0.4) is 0 Å². The van der Waals surface area contributed by atoms with Crippen LogP contribution in [0.2, 0.25) is 0 Å². The number of hydrogen-bond acceptors (Lipinski definition) is 8. The van der Waals surface area contributed by atoms with E-state index in [1.54, 1.807) is 4.90 Å². The lowest BCUT2D eigenvalue weighted by Crippen LogP contribution is -2.63. The summed E-state index contributed by atoms with van der Waals surface area (Å²) in [6, 6.07) is -3.87. The Labute approximate surface area is 277 Å². The molecule has 13 nitrogen and oxygen atoms in total. The summed E-state index contributed by atoms with van der Waals surface area (Å²) < 4.78 is 0. The minimum absolute atomic E-state index is 0.00868. The highest BCUT2D eigenvalue weighted by molar-refractivity contribution is 6.38. The van der Waals surface area contributed by atoms with E-state index in [0.29, 0.717) is 19.4 Å². The first-order valence-corrected chi connectivity index (χ1v) is 16.9. The summed E-state index contributed by atoms with van der Waals surface area (Å²) in [6.07, 6.45) is 9.24. The van der Waals surface area contributed by atoms with Gasteiger partial charge in [-0.05, 0) is 54.8 Å². The normalized spacial score (nSPS) is 22.8. The van der Waals surface area contributed by atoms with Gasteiger partial charge in [-0.2, -0.15) is 0 Å². The minimum Gasteiger partial charge on any atom is -0.347 e. The Bertz CT molecular complexity index is 1350. The summed E-state index contributed by atoms with van der Waals surface area (Å²) >= 11 is 0. The first kappa shape index (κ1) is 35.9. The van der Waals surface area contributed by atoms with E-state index in [1.165, 1.54) is 18.6 Å². The van der Waals surface area contributed by atoms with Gasteiger partial charge in [0.1, 0.15) is 23.8 Å². The minimum atomic E-state index is -1.03. The fraction of sp³-hybridized carbons (Fsp3) is 0.706. The van der Waals surface area contributed by atoms with Crippen molar-refractivity contribution in [2.24, 2.45) is 22.7 Å². The highest BCUT2D eigenvalue weighted by Gasteiger charge is 2.52. The molecule has 4 rings (SSSR count). The lowest BCUT2D eigenvalue weighted by atomic mass is 9.82. The average molecular weight is 654 g/mol. The Hall–Kier alpha value is -3.90. The van der Waals surface area contributed by atoms with E-state index in [-0.39, 0.29) is 23.6 Å². The first-order chi connectivity index (χ1) is 22.0. The SMILES string of the molecule is CCC[C@H](NC(=O)[C@@H]1[C@H]2CCC[C@H]2CN1C(=O)[C@@H](NC(=O)[C@@H](NC(=O)c1cnccn1)C(C)(C)C)C(C)(C)C)C(=O)C(=O)NC1CC1. The summed E-state index contributed by atoms with van der Waals surface area (Å²) in [5.41, 5.74) is -1.43. The van der Waals surface area contributed by atoms with E-state index in [2.05, 4.69) is 31.2 Å². The van der Waals surface area contributed by atoms with Gasteiger partial charge in [0.15, 0.2) is 0 Å². The molecule has 3 aliphatic rings. The topological polar surface area (TPSA) is 180 Å². The number of likely N-dealkylation sites (tertiary alicyclic amines) is 1. The van der Waals surface area contributed by atoms with Crippen LogP contribution in [0, 0.1) is 22.7 Å². The molecule has 1 saturated heterocycles. The van der Waals surface area contributed by atoms with Gasteiger partial charge in [0, 0.05) is 25.0 Å². The zero-order valence-corrected chi connectivity index (χ0v) is 28.7. The van der Waals surface area contributed by atoms with E-state index in [1.807, 2.05) is 48.5 Å². The molecule has 4 N–H and O–H groups in total. The van der Waals surface area contributed by atoms with E-state index >= 15 is 0 Å². The van der Waals surface area contributed by atoms with Crippen LogP contribution in [0.25, 0.3) is 0 Å². The molecule has 6 atom stereocenters. The molecule has 47 heavy (non-hydrogen) atoms. The van der Waals surface area contributed by atoms with Crippen molar-refractivity contribution < 1.29 is 28.8 Å². The number of nitrogens with zero attached hydrogens (tertiary/aromatic N) is 3. The van der Waals surface area contributed by atoms with Crippen LogP contribution < -0.4 is 21.3 Å². The van der Waals surface area contributed by atoms with Crippen LogP contribution in [0.5, 0.6) is 0 Å². The Morgan fingerprint density at radius 3 is 2.15 bits per heavy atom. The van der Waals surface area contributed by atoms with Gasteiger partial charge in [0.2, 0.25) is 23.5 Å². The van der Waals surface area contributed by atoms with Crippen molar-refractivity contribution in [2.75, 3.05) is 6.54 Å². The zero-order valence-electron chi connectivity index (χ0n) is 28.7. The molecule has 1 aromatic rings. The van der Waals surface area contributed by atoms with E-state index in [4.69, 9.17) is 0 Å². The molecular weight excluding hydrogens is 602 g/mol. The second kappa shape index (κ2) is 14.5. The maximum atomic E-state index is 14.5. The van der Waals surface area contributed by atoms with Crippen LogP contribution >= 0.6 is 0 Å². The Balaban J connectivity index is 1.55. The summed E-state index contributed by atoms with van der Waals surface area (Å²) in [5.74, 6) is -3.34. The number of carbonyl (C=O) groups excluding carboxylic acids is 6. The number of amides is 5. The monoisotopic (exact) mass is 653 g/mol. The third-order valence-electron chi connectivity index (χ3n) is 9.39. The van der Waals surface area contributed by atoms with E-state index in [9.17, 15) is 28.8 Å². The van der Waals surface area contributed by atoms with E-state index < -0.39 is 70.3 Å². The Kier molecular flexibility index (Phi) is 11.1. The number of carbonyl (C=O) groups is 6. The molecule has 3 fully saturated rings. The van der Waals surface area contributed by atoms with Crippen molar-refractivity contribution in [1.29, 1.82) is 0 Å². The van der Waals surface area contributed by atoms with Crippen LogP contribution in [-0.4, -0.2) is 86.9 Å². The van der Waals surface area contributed by atoms with Crippen molar-refractivity contribution >= 4 is 35.3 Å². The number of fused-ring (bicyclic) bond motifs is 1. The fourth-order valence-electron chi connectivity index (χ4n) is 6.66. The van der Waals surface area contributed by atoms with E-state index in [0.717, 1.165) is 32.1 Å². The molecule has 0 aromatic carbocycles. The van der Waals surface area contributed by atoms with Crippen LogP contribution in [-0.2, 0) is 24.0 Å². The third kappa shape index (κ3) is 8.72. The standard InChI is InChI=1S/C34H51N7O6/c1-8-10-22(25(42)30(45)37-20-13-14-20)38-29(44)24-21-12-9-11-19(21)18-41(24)32(47)27(34(5,6)7)40-31(46)26(33(2,3)4)39-28(43)23-17-35-15-16-36-23/h15-17,19-22,24,26-27H,8-14,18H2,1-7H3,(H,37,45)(H,38,44)(H,39,43)(H,40,46)/t19-,21-,22-,24-,26+,27+/m0/s1. The number of ketones is 1. The molecule has 5 amide bonds. The summed E-state index contributed by atoms with van der Waals surface area (Å²) in [4.78, 5) is 90.5. The lowest BCUT2D eigenvalue weighted by Gasteiger charge is -2.38. The van der Waals surface area contributed by atoms with Gasteiger partial charge >= 0.3 is 0 Å². The Morgan fingerprint density at radius 2 is 1.57 bits per heavy atom. The molecule has 2 aliphatic carbocycles. The van der Waals surface area contributed by atoms with Crippen LogP contribution in [0.15, 0.2) is 18.6 Å². The molecule has 0 unspecified atom stereocenters. The molecule has 258 valence electrons. The second-order valence-electron chi connectivity index (χ2n) is 15.4. The molecular formula is C34H51N7O6. The van der Waals surface area contributed by atoms with Gasteiger partial charge < -0.3 is 26.2 Å². The number of aromatic nitrogens is 2. The maximum absolute atomic E-state index is 14.5. The van der Waals surface area contributed by atoms with Crippen molar-refractivity contribution in [3.8, 4) is 0 Å². The van der Waals surface area contributed by atoms with Gasteiger partial charge in [-0.3, -0.25) is 33.8 Å². The summed E-state index contributed by atoms with van der Waals surface area (Å²) in [7, 11) is 0. The molecule has 0 bridgehead atoms. The number of hydrogen-bond donors (Lipinski definition) is 4. The highest BCUT2D eigenvalue weighted by Crippen LogP contribution is 2.43. The van der Waals surface area contributed by atoms with Crippen molar-refractivity contribution in [1.82, 2.24) is 36.1 Å². The summed E-state index contributed by atoms with van der Waals surface area (Å²) in [5, 5.41) is 11.2. The smallest absolute Gasteiger partial charge is 0.289 e. The largest absolute Gasteiger partial charge is 0.347 e. The number of rotatable bonds is 12. The Morgan fingerprint density at radius 1 is 0.894 bits per heavy atom. The third-order valence-corrected chi connectivity index (χ3v) is 9.39. The molecule has 1 aliphatic heterocycles. The predicted molar refractivity (Wildman–Crippen MR) is 173 cm³/mol. The molecule has 2 heterocycles. The van der Waals surface area contributed by atoms with Crippen LogP contribution in [0.4, 0.5) is 0 Å². The summed E-state index contributed by atoms with van der Waals surface area (Å²) in [6.45, 7) is 13.2. The van der Waals surface area contributed by atoms with Crippen molar-refractivity contribution in [2.45, 2.75) is 124 Å². The van der Waals surface area contributed by atoms with Crippen molar-refractivity contribution in [3.63, 3.8) is 0 Å². The quantitative estimate of drug-likeness (QED) is 0.247. The van der Waals surface area contributed by atoms with Crippen LogP contribution in [0.1, 0.15) is 104 Å². The molecule has 1 aromatic heterocycles. The molecule has 13 heteroatoms. The maximum Gasteiger partial charge on any atom is 0.289 e. The predicted octanol–water partition coefficient (Wildman–Crippen LogP) is 1.91. The molecule has 0 spiro atoms. The second-order valence-corrected chi connectivity index (χ2v) is 15.4. The highest BCUT2D eigenvalue weighted by atomic mass is 16.2.